The molecular formula is C15H22ClNO2. The highest BCUT2D eigenvalue weighted by atomic mass is 35.5. The Morgan fingerprint density at radius 2 is 2.05 bits per heavy atom. The number of halogens is 1. The molecule has 1 fully saturated rings. The molecule has 0 aliphatic heterocycles. The van der Waals surface area contributed by atoms with E-state index in [0.29, 0.717) is 17.4 Å². The molecule has 1 aromatic carbocycles. The highest BCUT2D eigenvalue weighted by Crippen LogP contribution is 2.39. The van der Waals surface area contributed by atoms with Crippen molar-refractivity contribution in [2.45, 2.75) is 38.6 Å². The predicted molar refractivity (Wildman–Crippen MR) is 78.2 cm³/mol. The van der Waals surface area contributed by atoms with Gasteiger partial charge in [0.25, 0.3) is 0 Å². The maximum absolute atomic E-state index is 6.30. The number of ether oxygens (including phenoxy) is 2. The summed E-state index contributed by atoms with van der Waals surface area (Å²) in [6, 6.07) is 3.68. The first-order chi connectivity index (χ1) is 8.90. The van der Waals surface area contributed by atoms with E-state index >= 15 is 0 Å². The van der Waals surface area contributed by atoms with Crippen molar-refractivity contribution in [1.82, 2.24) is 0 Å². The zero-order valence-electron chi connectivity index (χ0n) is 11.8. The van der Waals surface area contributed by atoms with Crippen molar-refractivity contribution in [2.24, 2.45) is 11.7 Å². The van der Waals surface area contributed by atoms with E-state index in [2.05, 4.69) is 0 Å². The van der Waals surface area contributed by atoms with Gasteiger partial charge in [0.05, 0.1) is 13.7 Å². The van der Waals surface area contributed by atoms with E-state index in [1.54, 1.807) is 7.11 Å². The van der Waals surface area contributed by atoms with Gasteiger partial charge in [0.2, 0.25) is 0 Å². The molecule has 0 atom stereocenters. The molecule has 2 rings (SSSR count). The molecule has 2 N–H and O–H groups in total. The normalized spacial score (nSPS) is 15.4. The molecule has 0 spiro atoms. The average Bonchev–Trinajstić information content (AvgIpc) is 3.12. The molecule has 4 heteroatoms. The summed E-state index contributed by atoms with van der Waals surface area (Å²) in [6.07, 6.45) is 3.16. The largest absolute Gasteiger partial charge is 0.493 e. The van der Waals surface area contributed by atoms with Crippen LogP contribution in [0.3, 0.4) is 0 Å². The van der Waals surface area contributed by atoms with Crippen LogP contribution in [0.2, 0.25) is 5.02 Å². The molecular weight excluding hydrogens is 262 g/mol. The summed E-state index contributed by atoms with van der Waals surface area (Å²) in [6.45, 7) is 4.69. The fraction of sp³-hybridized carbons (Fsp3) is 0.600. The quantitative estimate of drug-likeness (QED) is 0.870. The summed E-state index contributed by atoms with van der Waals surface area (Å²) < 4.78 is 11.3. The Morgan fingerprint density at radius 1 is 1.37 bits per heavy atom. The van der Waals surface area contributed by atoms with E-state index in [1.807, 2.05) is 26.0 Å². The standard InChI is InChI=1S/C15H22ClNO2/c1-15(2,17)8-11-12(16)6-7-13(18-3)14(11)19-9-10-4-5-10/h6-7,10H,4-5,8-9,17H2,1-3H3. The van der Waals surface area contributed by atoms with Crippen LogP contribution in [0.4, 0.5) is 0 Å². The monoisotopic (exact) mass is 283 g/mol. The van der Waals surface area contributed by atoms with Crippen LogP contribution in [0.15, 0.2) is 12.1 Å². The summed E-state index contributed by atoms with van der Waals surface area (Å²) in [7, 11) is 1.64. The molecule has 1 aliphatic rings. The second kappa shape index (κ2) is 5.59. The van der Waals surface area contributed by atoms with Gasteiger partial charge < -0.3 is 15.2 Å². The van der Waals surface area contributed by atoms with E-state index in [9.17, 15) is 0 Å². The number of hydrogen-bond acceptors (Lipinski definition) is 3. The van der Waals surface area contributed by atoms with Crippen LogP contribution < -0.4 is 15.2 Å². The Hall–Kier alpha value is -0.930. The third-order valence-electron chi connectivity index (χ3n) is 3.18. The van der Waals surface area contributed by atoms with Gasteiger partial charge in [0, 0.05) is 16.1 Å². The first-order valence-electron chi connectivity index (χ1n) is 6.68. The molecule has 0 saturated heterocycles. The van der Waals surface area contributed by atoms with Crippen molar-refractivity contribution in [3.63, 3.8) is 0 Å². The van der Waals surface area contributed by atoms with Crippen molar-refractivity contribution in [2.75, 3.05) is 13.7 Å². The van der Waals surface area contributed by atoms with Crippen LogP contribution >= 0.6 is 11.6 Å². The molecule has 0 aromatic heterocycles. The van der Waals surface area contributed by atoms with E-state index in [-0.39, 0.29) is 5.54 Å². The zero-order valence-corrected chi connectivity index (χ0v) is 12.6. The SMILES string of the molecule is COc1ccc(Cl)c(CC(C)(C)N)c1OCC1CC1. The van der Waals surface area contributed by atoms with Crippen molar-refractivity contribution >= 4 is 11.6 Å². The van der Waals surface area contributed by atoms with Crippen LogP contribution in [-0.2, 0) is 6.42 Å². The van der Waals surface area contributed by atoms with Crippen molar-refractivity contribution in [1.29, 1.82) is 0 Å². The van der Waals surface area contributed by atoms with Crippen LogP contribution in [0.1, 0.15) is 32.3 Å². The summed E-state index contributed by atoms with van der Waals surface area (Å²) >= 11 is 6.30. The van der Waals surface area contributed by atoms with Gasteiger partial charge in [-0.1, -0.05) is 11.6 Å². The van der Waals surface area contributed by atoms with E-state index in [4.69, 9.17) is 26.8 Å². The second-order valence-electron chi connectivity index (χ2n) is 5.98. The smallest absolute Gasteiger partial charge is 0.165 e. The van der Waals surface area contributed by atoms with Crippen LogP contribution in [0.5, 0.6) is 11.5 Å². The summed E-state index contributed by atoms with van der Waals surface area (Å²) in [5.74, 6) is 2.16. The Kier molecular flexibility index (Phi) is 4.26. The molecule has 1 aromatic rings. The van der Waals surface area contributed by atoms with Crippen molar-refractivity contribution < 1.29 is 9.47 Å². The van der Waals surface area contributed by atoms with Gasteiger partial charge in [0.1, 0.15) is 0 Å². The number of nitrogens with two attached hydrogens (primary N) is 1. The zero-order chi connectivity index (χ0) is 14.0. The lowest BCUT2D eigenvalue weighted by atomic mass is 9.95. The van der Waals surface area contributed by atoms with Crippen molar-refractivity contribution in [3.8, 4) is 11.5 Å². The highest BCUT2D eigenvalue weighted by molar-refractivity contribution is 6.31. The van der Waals surface area contributed by atoms with Crippen LogP contribution in [0, 0.1) is 5.92 Å². The summed E-state index contributed by atoms with van der Waals surface area (Å²) in [5, 5.41) is 0.685. The van der Waals surface area contributed by atoms with E-state index < -0.39 is 0 Å². The maximum Gasteiger partial charge on any atom is 0.165 e. The van der Waals surface area contributed by atoms with E-state index in [0.717, 1.165) is 23.7 Å². The first kappa shape index (κ1) is 14.5. The topological polar surface area (TPSA) is 44.5 Å². The fourth-order valence-corrected chi connectivity index (χ4v) is 2.22. The Morgan fingerprint density at radius 3 is 2.58 bits per heavy atom. The van der Waals surface area contributed by atoms with Crippen LogP contribution in [0.25, 0.3) is 0 Å². The molecule has 0 heterocycles. The number of benzene rings is 1. The minimum Gasteiger partial charge on any atom is -0.493 e. The molecule has 1 aliphatic carbocycles. The lowest BCUT2D eigenvalue weighted by Crippen LogP contribution is -2.34. The average molecular weight is 284 g/mol. The summed E-state index contributed by atoms with van der Waals surface area (Å²) in [5.41, 5.74) is 6.71. The molecule has 106 valence electrons. The minimum atomic E-state index is -0.340. The third kappa shape index (κ3) is 4.02. The Labute approximate surface area is 120 Å². The first-order valence-corrected chi connectivity index (χ1v) is 7.05. The highest BCUT2D eigenvalue weighted by Gasteiger charge is 2.25. The molecule has 1 saturated carbocycles. The molecule has 0 radical (unpaired) electrons. The van der Waals surface area contributed by atoms with Gasteiger partial charge in [-0.2, -0.15) is 0 Å². The Balaban J connectivity index is 2.29. The lowest BCUT2D eigenvalue weighted by Gasteiger charge is -2.23. The van der Waals surface area contributed by atoms with Gasteiger partial charge in [0.15, 0.2) is 11.5 Å². The Bertz CT molecular complexity index is 450. The number of rotatable bonds is 6. The summed E-state index contributed by atoms with van der Waals surface area (Å²) in [4.78, 5) is 0. The second-order valence-corrected chi connectivity index (χ2v) is 6.38. The lowest BCUT2D eigenvalue weighted by molar-refractivity contribution is 0.276. The number of hydrogen-bond donors (Lipinski definition) is 1. The van der Waals surface area contributed by atoms with Gasteiger partial charge in [-0.05, 0) is 51.2 Å². The fourth-order valence-electron chi connectivity index (χ4n) is 2.01. The maximum atomic E-state index is 6.30. The predicted octanol–water partition coefficient (Wildman–Crippen LogP) is 3.42. The van der Waals surface area contributed by atoms with Gasteiger partial charge in [-0.25, -0.2) is 0 Å². The number of methoxy groups -OCH3 is 1. The van der Waals surface area contributed by atoms with Crippen LogP contribution in [-0.4, -0.2) is 19.3 Å². The van der Waals surface area contributed by atoms with Gasteiger partial charge >= 0.3 is 0 Å². The minimum absolute atomic E-state index is 0.340. The van der Waals surface area contributed by atoms with E-state index in [1.165, 1.54) is 12.8 Å². The molecule has 0 unspecified atom stereocenters. The van der Waals surface area contributed by atoms with Gasteiger partial charge in [-0.3, -0.25) is 0 Å². The molecule has 0 amide bonds. The molecule has 19 heavy (non-hydrogen) atoms. The van der Waals surface area contributed by atoms with Gasteiger partial charge in [-0.15, -0.1) is 0 Å². The van der Waals surface area contributed by atoms with Crippen molar-refractivity contribution in [3.05, 3.63) is 22.7 Å². The molecule has 0 bridgehead atoms. The molecule has 3 nitrogen and oxygen atoms in total. The third-order valence-corrected chi connectivity index (χ3v) is 3.53.